The summed E-state index contributed by atoms with van der Waals surface area (Å²) in [7, 11) is 0. The smallest absolute Gasteiger partial charge is 0.321 e. The van der Waals surface area contributed by atoms with Gasteiger partial charge in [0.25, 0.3) is 0 Å². The van der Waals surface area contributed by atoms with E-state index in [1.54, 1.807) is 32.4 Å². The van der Waals surface area contributed by atoms with Crippen molar-refractivity contribution in [2.24, 2.45) is 0 Å². The second-order valence-electron chi connectivity index (χ2n) is 8.19. The van der Waals surface area contributed by atoms with E-state index < -0.39 is 5.60 Å². The molecule has 2 amide bonds. The van der Waals surface area contributed by atoms with E-state index in [2.05, 4.69) is 37.5 Å². The van der Waals surface area contributed by atoms with Gasteiger partial charge in [-0.3, -0.25) is 10.3 Å². The largest absolute Gasteiger partial charge is 0.382 e. The number of rotatable bonds is 7. The van der Waals surface area contributed by atoms with Crippen molar-refractivity contribution in [2.75, 3.05) is 11.9 Å². The summed E-state index contributed by atoms with van der Waals surface area (Å²) in [5, 5.41) is 16.3. The van der Waals surface area contributed by atoms with Gasteiger partial charge in [0.1, 0.15) is 5.60 Å². The van der Waals surface area contributed by atoms with Crippen LogP contribution in [0.2, 0.25) is 0 Å². The number of carbonyl (C=O) groups is 1. The average Bonchev–Trinajstić information content (AvgIpc) is 3.21. The second-order valence-corrected chi connectivity index (χ2v) is 9.19. The molecule has 0 unspecified atom stereocenters. The number of amides is 2. The van der Waals surface area contributed by atoms with E-state index in [-0.39, 0.29) is 6.03 Å². The van der Waals surface area contributed by atoms with Gasteiger partial charge in [-0.2, -0.15) is 0 Å². The molecule has 4 rings (SSSR count). The lowest BCUT2D eigenvalue weighted by atomic mass is 10.0. The zero-order valence-corrected chi connectivity index (χ0v) is 19.6. The fraction of sp³-hybridized carbons (Fsp3) is 0.292. The fourth-order valence-electron chi connectivity index (χ4n) is 3.28. The third kappa shape index (κ3) is 5.32. The van der Waals surface area contributed by atoms with Crippen molar-refractivity contribution in [3.05, 3.63) is 54.7 Å². The number of hydrogen-bond acceptors (Lipinski definition) is 7. The summed E-state index contributed by atoms with van der Waals surface area (Å²) in [4.78, 5) is 30.0. The van der Waals surface area contributed by atoms with Crippen LogP contribution in [-0.2, 0) is 5.60 Å². The highest BCUT2D eigenvalue weighted by atomic mass is 32.1. The lowest BCUT2D eigenvalue weighted by Gasteiger charge is -2.15. The highest BCUT2D eigenvalue weighted by Gasteiger charge is 2.20. The molecular formula is C24H26N6O2S. The first-order valence-corrected chi connectivity index (χ1v) is 11.6. The van der Waals surface area contributed by atoms with Crippen molar-refractivity contribution in [3.63, 3.8) is 0 Å². The van der Waals surface area contributed by atoms with Crippen molar-refractivity contribution < 1.29 is 9.90 Å². The zero-order valence-electron chi connectivity index (χ0n) is 18.8. The van der Waals surface area contributed by atoms with Gasteiger partial charge in [-0.15, -0.1) is 0 Å². The molecule has 0 saturated heterocycles. The molecule has 0 fully saturated rings. The molecule has 8 nitrogen and oxygen atoms in total. The number of nitrogens with one attached hydrogen (secondary N) is 2. The highest BCUT2D eigenvalue weighted by Crippen LogP contribution is 2.38. The number of nitrogens with zero attached hydrogens (tertiary/aromatic N) is 4. The minimum atomic E-state index is -1.12. The van der Waals surface area contributed by atoms with Gasteiger partial charge < -0.3 is 10.4 Å². The summed E-state index contributed by atoms with van der Waals surface area (Å²) < 4.78 is 0.926. The van der Waals surface area contributed by atoms with Gasteiger partial charge in [-0.25, -0.2) is 19.7 Å². The Morgan fingerprint density at radius 2 is 1.91 bits per heavy atom. The van der Waals surface area contributed by atoms with Crippen LogP contribution >= 0.6 is 11.3 Å². The fourth-order valence-corrected chi connectivity index (χ4v) is 4.24. The Kier molecular flexibility index (Phi) is 6.62. The Balaban J connectivity index is 1.74. The average molecular weight is 463 g/mol. The van der Waals surface area contributed by atoms with Crippen molar-refractivity contribution in [1.29, 1.82) is 0 Å². The van der Waals surface area contributed by atoms with Crippen LogP contribution in [0.3, 0.4) is 0 Å². The van der Waals surface area contributed by atoms with Crippen LogP contribution in [0.1, 0.15) is 39.4 Å². The maximum Gasteiger partial charge on any atom is 0.321 e. The van der Waals surface area contributed by atoms with Gasteiger partial charge in [0.15, 0.2) is 11.0 Å². The Morgan fingerprint density at radius 3 is 2.58 bits per heavy atom. The van der Waals surface area contributed by atoms with Crippen molar-refractivity contribution >= 4 is 32.7 Å². The van der Waals surface area contributed by atoms with E-state index in [0.717, 1.165) is 45.4 Å². The van der Waals surface area contributed by atoms with Crippen LogP contribution in [0.25, 0.3) is 32.6 Å². The predicted molar refractivity (Wildman–Crippen MR) is 131 cm³/mol. The zero-order chi connectivity index (χ0) is 23.4. The molecule has 0 saturated carbocycles. The molecule has 33 heavy (non-hydrogen) atoms. The number of unbranched alkanes of at least 4 members (excludes halogenated alkanes) is 1. The van der Waals surface area contributed by atoms with Gasteiger partial charge in [-0.1, -0.05) is 30.7 Å². The molecule has 1 aromatic carbocycles. The molecule has 0 radical (unpaired) electrons. The summed E-state index contributed by atoms with van der Waals surface area (Å²) in [6.07, 6.45) is 7.07. The lowest BCUT2D eigenvalue weighted by Crippen LogP contribution is -2.29. The van der Waals surface area contributed by atoms with Crippen molar-refractivity contribution in [2.45, 2.75) is 39.2 Å². The number of benzene rings is 1. The van der Waals surface area contributed by atoms with Crippen LogP contribution in [0.4, 0.5) is 9.93 Å². The van der Waals surface area contributed by atoms with E-state index in [4.69, 9.17) is 0 Å². The maximum absolute atomic E-state index is 12.2. The van der Waals surface area contributed by atoms with Crippen molar-refractivity contribution in [1.82, 2.24) is 25.3 Å². The molecule has 170 valence electrons. The molecule has 4 aromatic rings. The minimum Gasteiger partial charge on any atom is -0.382 e. The molecule has 0 bridgehead atoms. The summed E-state index contributed by atoms with van der Waals surface area (Å²) >= 11 is 1.41. The SMILES string of the molecule is CCCCNC(=O)Nc1nc2cc(-c3cnc(C(C)(C)O)nc3)cc(-c3ccccn3)c2s1. The van der Waals surface area contributed by atoms with Crippen LogP contribution in [-0.4, -0.2) is 37.6 Å². The molecule has 3 heterocycles. The molecule has 0 atom stereocenters. The summed E-state index contributed by atoms with van der Waals surface area (Å²) in [6, 6.07) is 9.45. The molecule has 9 heteroatoms. The maximum atomic E-state index is 12.2. The summed E-state index contributed by atoms with van der Waals surface area (Å²) in [5.41, 5.74) is 3.01. The topological polar surface area (TPSA) is 113 Å². The van der Waals surface area contributed by atoms with E-state index in [0.29, 0.717) is 17.5 Å². The Morgan fingerprint density at radius 1 is 1.12 bits per heavy atom. The Labute approximate surface area is 196 Å². The van der Waals surface area contributed by atoms with Gasteiger partial charge in [0, 0.05) is 36.3 Å². The molecule has 0 spiro atoms. The standard InChI is InChI=1S/C24H26N6O2S/c1-4-5-9-26-22(31)30-23-29-19-12-15(16-13-27-21(28-14-16)24(2,3)32)11-17(20(19)33-23)18-8-6-7-10-25-18/h6-8,10-14,32H,4-5,9H2,1-3H3,(H2,26,29,30,31). The van der Waals surface area contributed by atoms with Gasteiger partial charge in [0.2, 0.25) is 0 Å². The van der Waals surface area contributed by atoms with Crippen molar-refractivity contribution in [3.8, 4) is 22.4 Å². The molecule has 0 aliphatic heterocycles. The van der Waals surface area contributed by atoms with Gasteiger partial charge in [0.05, 0.1) is 15.9 Å². The number of aromatic nitrogens is 4. The monoisotopic (exact) mass is 462 g/mol. The number of carbonyl (C=O) groups excluding carboxylic acids is 1. The van der Waals surface area contributed by atoms with Gasteiger partial charge in [-0.05, 0) is 50.1 Å². The lowest BCUT2D eigenvalue weighted by molar-refractivity contribution is 0.0687. The first kappa shape index (κ1) is 22.8. The van der Waals surface area contributed by atoms with Crippen LogP contribution in [0.15, 0.2) is 48.9 Å². The van der Waals surface area contributed by atoms with Gasteiger partial charge >= 0.3 is 6.03 Å². The molecular weight excluding hydrogens is 436 g/mol. The highest BCUT2D eigenvalue weighted by molar-refractivity contribution is 7.22. The van der Waals surface area contributed by atoms with E-state index in [9.17, 15) is 9.90 Å². The predicted octanol–water partition coefficient (Wildman–Crippen LogP) is 4.96. The quantitative estimate of drug-likeness (QED) is 0.335. The number of urea groups is 1. The number of aliphatic hydroxyl groups is 1. The summed E-state index contributed by atoms with van der Waals surface area (Å²) in [6.45, 7) is 6.00. The Hall–Kier alpha value is -3.43. The number of pyridine rings is 1. The van der Waals surface area contributed by atoms with E-state index in [1.807, 2.05) is 30.3 Å². The third-order valence-corrected chi connectivity index (χ3v) is 6.02. The minimum absolute atomic E-state index is 0.266. The van der Waals surface area contributed by atoms with Crippen LogP contribution in [0.5, 0.6) is 0 Å². The van der Waals surface area contributed by atoms with E-state index >= 15 is 0 Å². The molecule has 0 aliphatic rings. The van der Waals surface area contributed by atoms with Crippen LogP contribution < -0.4 is 10.6 Å². The molecule has 0 aliphatic carbocycles. The third-order valence-electron chi connectivity index (χ3n) is 5.00. The number of anilines is 1. The number of hydrogen-bond donors (Lipinski definition) is 3. The van der Waals surface area contributed by atoms with E-state index in [1.165, 1.54) is 11.3 Å². The second kappa shape index (κ2) is 9.60. The normalized spacial score (nSPS) is 11.5. The number of thiazole rings is 1. The first-order valence-electron chi connectivity index (χ1n) is 10.8. The molecule has 3 N–H and O–H groups in total. The molecule has 3 aromatic heterocycles. The summed E-state index contributed by atoms with van der Waals surface area (Å²) in [5.74, 6) is 0.353. The Bertz CT molecular complexity index is 1250. The number of fused-ring (bicyclic) bond motifs is 1. The first-order chi connectivity index (χ1) is 15.8. The van der Waals surface area contributed by atoms with Crippen LogP contribution in [0, 0.1) is 0 Å².